The molecule has 1 atom stereocenters. The van der Waals surface area contributed by atoms with E-state index in [1.54, 1.807) is 11.8 Å². The molecule has 122 valence electrons. The fourth-order valence-electron chi connectivity index (χ4n) is 2.69. The molecule has 0 spiro atoms. The fourth-order valence-corrected chi connectivity index (χ4v) is 2.69. The minimum Gasteiger partial charge on any atom is -0.493 e. The van der Waals surface area contributed by atoms with Crippen LogP contribution in [0.1, 0.15) is 18.1 Å². The molecule has 2 aliphatic rings. The van der Waals surface area contributed by atoms with Gasteiger partial charge in [-0.05, 0) is 24.5 Å². The molecule has 1 aromatic carbocycles. The Hall–Kier alpha value is -2.50. The Bertz CT molecular complexity index is 640. The summed E-state index contributed by atoms with van der Waals surface area (Å²) in [5.41, 5.74) is 2.40. The van der Waals surface area contributed by atoms with Crippen LogP contribution in [0.5, 0.6) is 0 Å². The molecular weight excluding hydrogens is 298 g/mol. The van der Waals surface area contributed by atoms with Gasteiger partial charge in [-0.15, -0.1) is 0 Å². The van der Waals surface area contributed by atoms with Crippen LogP contribution in [0.4, 0.5) is 0 Å². The smallest absolute Gasteiger partial charge is 0.377 e. The summed E-state index contributed by atoms with van der Waals surface area (Å²) in [7, 11) is 0. The number of hydrogen-bond acceptors (Lipinski definition) is 5. The van der Waals surface area contributed by atoms with Crippen LogP contribution in [0.3, 0.4) is 0 Å². The minimum atomic E-state index is -0.862. The molecule has 1 amide bonds. The Morgan fingerprint density at radius 1 is 1.22 bits per heavy atom. The van der Waals surface area contributed by atoms with Gasteiger partial charge in [0, 0.05) is 13.1 Å². The Morgan fingerprint density at radius 2 is 2.00 bits per heavy atom. The molecule has 1 aromatic rings. The van der Waals surface area contributed by atoms with E-state index in [1.807, 2.05) is 18.2 Å². The van der Waals surface area contributed by atoms with E-state index in [9.17, 15) is 9.59 Å². The number of carbonyl (C=O) groups is 2. The van der Waals surface area contributed by atoms with E-state index in [-0.39, 0.29) is 11.7 Å². The average molecular weight is 317 g/mol. The van der Waals surface area contributed by atoms with E-state index in [0.717, 1.165) is 12.0 Å². The third kappa shape index (κ3) is 3.47. The second kappa shape index (κ2) is 6.73. The van der Waals surface area contributed by atoms with E-state index in [0.29, 0.717) is 26.3 Å². The third-order valence-corrected chi connectivity index (χ3v) is 3.92. The highest BCUT2D eigenvalue weighted by molar-refractivity contribution is 5.90. The van der Waals surface area contributed by atoms with Crippen LogP contribution < -0.4 is 0 Å². The maximum Gasteiger partial charge on any atom is 0.377 e. The Labute approximate surface area is 134 Å². The van der Waals surface area contributed by atoms with Crippen LogP contribution in [0.25, 0.3) is 0 Å². The largest absolute Gasteiger partial charge is 0.493 e. The Kier molecular flexibility index (Phi) is 4.50. The van der Waals surface area contributed by atoms with Gasteiger partial charge in [-0.3, -0.25) is 4.79 Å². The first-order valence-corrected chi connectivity index (χ1v) is 7.66. The van der Waals surface area contributed by atoms with Crippen LogP contribution in [-0.2, 0) is 36.8 Å². The van der Waals surface area contributed by atoms with E-state index in [2.05, 4.69) is 6.07 Å². The number of nitrogens with zero attached hydrogens (tertiary/aromatic N) is 1. The lowest BCUT2D eigenvalue weighted by atomic mass is 9.99. The molecule has 2 aliphatic heterocycles. The van der Waals surface area contributed by atoms with Gasteiger partial charge in [-0.1, -0.05) is 24.3 Å². The van der Waals surface area contributed by atoms with Crippen molar-refractivity contribution in [1.29, 1.82) is 0 Å². The maximum absolute atomic E-state index is 12.5. The van der Waals surface area contributed by atoms with Crippen molar-refractivity contribution in [2.24, 2.45) is 0 Å². The van der Waals surface area contributed by atoms with Gasteiger partial charge < -0.3 is 19.1 Å². The van der Waals surface area contributed by atoms with Crippen LogP contribution in [-0.4, -0.2) is 42.6 Å². The first-order chi connectivity index (χ1) is 11.1. The van der Waals surface area contributed by atoms with Gasteiger partial charge >= 0.3 is 5.97 Å². The van der Waals surface area contributed by atoms with Gasteiger partial charge in [0.15, 0.2) is 6.10 Å². The summed E-state index contributed by atoms with van der Waals surface area (Å²) in [5.74, 6) is -0.881. The predicted octanol–water partition coefficient (Wildman–Crippen LogP) is 1.39. The average Bonchev–Trinajstić information content (AvgIpc) is 2.61. The lowest BCUT2D eigenvalue weighted by Crippen LogP contribution is -2.42. The molecule has 0 radical (unpaired) electrons. The third-order valence-electron chi connectivity index (χ3n) is 3.92. The van der Waals surface area contributed by atoms with Crippen LogP contribution in [0.15, 0.2) is 36.3 Å². The SMILES string of the molecule is CC(OC(=O)C1=COCCO1)C(=O)N1CCc2ccccc2C1. The maximum atomic E-state index is 12.5. The topological polar surface area (TPSA) is 65.1 Å². The summed E-state index contributed by atoms with van der Waals surface area (Å²) in [6, 6.07) is 8.06. The van der Waals surface area contributed by atoms with Crippen molar-refractivity contribution in [1.82, 2.24) is 4.90 Å². The summed E-state index contributed by atoms with van der Waals surface area (Å²) >= 11 is 0. The highest BCUT2D eigenvalue weighted by atomic mass is 16.6. The molecule has 0 aliphatic carbocycles. The zero-order valence-electron chi connectivity index (χ0n) is 13.0. The summed E-state index contributed by atoms with van der Waals surface area (Å²) in [4.78, 5) is 26.1. The normalized spacial score (nSPS) is 18.0. The van der Waals surface area contributed by atoms with Gasteiger partial charge in [0.1, 0.15) is 19.5 Å². The fraction of sp³-hybridized carbons (Fsp3) is 0.412. The summed E-state index contributed by atoms with van der Waals surface area (Å²) in [5, 5.41) is 0. The van der Waals surface area contributed by atoms with Gasteiger partial charge in [-0.25, -0.2) is 4.79 Å². The standard InChI is InChI=1S/C17H19NO5/c1-12(23-17(20)15-11-21-8-9-22-15)16(19)18-7-6-13-4-2-3-5-14(13)10-18/h2-5,11-12H,6-10H2,1H3. The zero-order valence-corrected chi connectivity index (χ0v) is 13.0. The number of esters is 1. The molecule has 0 aromatic heterocycles. The second-order valence-corrected chi connectivity index (χ2v) is 5.53. The molecule has 6 nitrogen and oxygen atoms in total. The van der Waals surface area contributed by atoms with Crippen molar-refractivity contribution in [3.63, 3.8) is 0 Å². The number of benzene rings is 1. The molecule has 0 fully saturated rings. The van der Waals surface area contributed by atoms with E-state index in [4.69, 9.17) is 14.2 Å². The molecule has 0 N–H and O–H groups in total. The summed E-state index contributed by atoms with van der Waals surface area (Å²) in [6.45, 7) is 3.44. The lowest BCUT2D eigenvalue weighted by molar-refractivity contribution is -0.160. The minimum absolute atomic E-state index is 0.000102. The van der Waals surface area contributed by atoms with Crippen molar-refractivity contribution in [2.45, 2.75) is 26.0 Å². The van der Waals surface area contributed by atoms with Gasteiger partial charge in [0.05, 0.1) is 0 Å². The Morgan fingerprint density at radius 3 is 2.74 bits per heavy atom. The van der Waals surface area contributed by atoms with Crippen molar-refractivity contribution in [3.8, 4) is 0 Å². The van der Waals surface area contributed by atoms with Crippen molar-refractivity contribution in [3.05, 3.63) is 47.4 Å². The summed E-state index contributed by atoms with van der Waals surface area (Å²) < 4.78 is 15.4. The number of ether oxygens (including phenoxy) is 3. The molecule has 0 bridgehead atoms. The molecule has 0 saturated heterocycles. The number of carbonyl (C=O) groups excluding carboxylic acids is 2. The van der Waals surface area contributed by atoms with Gasteiger partial charge in [0.2, 0.25) is 5.76 Å². The quantitative estimate of drug-likeness (QED) is 0.788. The van der Waals surface area contributed by atoms with Crippen LogP contribution in [0.2, 0.25) is 0 Å². The molecule has 2 heterocycles. The highest BCUT2D eigenvalue weighted by Crippen LogP contribution is 2.19. The van der Waals surface area contributed by atoms with Crippen LogP contribution in [0, 0.1) is 0 Å². The zero-order chi connectivity index (χ0) is 16.2. The molecule has 0 saturated carbocycles. The molecule has 6 heteroatoms. The van der Waals surface area contributed by atoms with E-state index < -0.39 is 12.1 Å². The number of hydrogen-bond donors (Lipinski definition) is 0. The lowest BCUT2D eigenvalue weighted by Gasteiger charge is -2.30. The van der Waals surface area contributed by atoms with Crippen LogP contribution >= 0.6 is 0 Å². The first-order valence-electron chi connectivity index (χ1n) is 7.66. The van der Waals surface area contributed by atoms with Gasteiger partial charge in [0.25, 0.3) is 5.91 Å². The summed E-state index contributed by atoms with van der Waals surface area (Å²) in [6.07, 6.45) is 1.17. The highest BCUT2D eigenvalue weighted by Gasteiger charge is 2.28. The van der Waals surface area contributed by atoms with E-state index in [1.165, 1.54) is 11.8 Å². The van der Waals surface area contributed by atoms with E-state index >= 15 is 0 Å². The number of rotatable bonds is 3. The number of fused-ring (bicyclic) bond motifs is 1. The monoisotopic (exact) mass is 317 g/mol. The van der Waals surface area contributed by atoms with Crippen molar-refractivity contribution < 1.29 is 23.8 Å². The molecular formula is C17H19NO5. The second-order valence-electron chi connectivity index (χ2n) is 5.53. The van der Waals surface area contributed by atoms with Crippen molar-refractivity contribution in [2.75, 3.05) is 19.8 Å². The molecule has 1 unspecified atom stereocenters. The predicted molar refractivity (Wildman–Crippen MR) is 81.1 cm³/mol. The number of amides is 1. The van der Waals surface area contributed by atoms with Gasteiger partial charge in [-0.2, -0.15) is 0 Å². The molecule has 3 rings (SSSR count). The van der Waals surface area contributed by atoms with Crippen molar-refractivity contribution >= 4 is 11.9 Å². The molecule has 23 heavy (non-hydrogen) atoms. The first kappa shape index (κ1) is 15.4. The Balaban J connectivity index is 1.60.